The van der Waals surface area contributed by atoms with Gasteiger partial charge in [0.05, 0.1) is 0 Å². The summed E-state index contributed by atoms with van der Waals surface area (Å²) in [5.41, 5.74) is 1.20. The molecule has 2 aromatic rings. The van der Waals surface area contributed by atoms with Crippen molar-refractivity contribution in [2.45, 2.75) is 37.8 Å². The van der Waals surface area contributed by atoms with Crippen LogP contribution in [0.25, 0.3) is 0 Å². The van der Waals surface area contributed by atoms with Gasteiger partial charge in [-0.1, -0.05) is 0 Å². The Morgan fingerprint density at radius 2 is 2.04 bits per heavy atom. The normalized spacial score (nSPS) is 16.6. The van der Waals surface area contributed by atoms with Crippen LogP contribution in [0.4, 0.5) is 0 Å². The summed E-state index contributed by atoms with van der Waals surface area (Å²) in [6, 6.07) is 4.03. The van der Waals surface area contributed by atoms with E-state index < -0.39 is 6.10 Å². The van der Waals surface area contributed by atoms with Gasteiger partial charge in [-0.2, -0.15) is 11.8 Å². The smallest absolute Gasteiger partial charge is 0.251 e. The van der Waals surface area contributed by atoms with Gasteiger partial charge in [0.2, 0.25) is 0 Å². The van der Waals surface area contributed by atoms with E-state index in [9.17, 15) is 9.90 Å². The lowest BCUT2D eigenvalue weighted by Gasteiger charge is -2.33. The summed E-state index contributed by atoms with van der Waals surface area (Å²) < 4.78 is 2.19. The number of aromatic nitrogens is 3. The maximum atomic E-state index is 12.3. The van der Waals surface area contributed by atoms with Gasteiger partial charge in [0.25, 0.3) is 5.91 Å². The van der Waals surface area contributed by atoms with Crippen LogP contribution in [0.15, 0.2) is 36.9 Å². The molecular weight excluding hydrogens is 348 g/mol. The molecule has 0 unspecified atom stereocenters. The number of aliphatic hydroxyl groups is 1. The molecule has 2 aromatic heterocycles. The zero-order chi connectivity index (χ0) is 18.4. The minimum absolute atomic E-state index is 0.127. The van der Waals surface area contributed by atoms with Crippen molar-refractivity contribution in [3.63, 3.8) is 0 Å². The van der Waals surface area contributed by atoms with E-state index in [0.29, 0.717) is 25.4 Å². The number of piperidine rings is 1. The van der Waals surface area contributed by atoms with Crippen LogP contribution in [0.5, 0.6) is 0 Å². The molecule has 6 nitrogen and oxygen atoms in total. The highest BCUT2D eigenvalue weighted by Gasteiger charge is 2.29. The third kappa shape index (κ3) is 4.65. The summed E-state index contributed by atoms with van der Waals surface area (Å²) in [5, 5.41) is 10.0. The van der Waals surface area contributed by atoms with Crippen LogP contribution in [-0.4, -0.2) is 61.7 Å². The van der Waals surface area contributed by atoms with Crippen LogP contribution >= 0.6 is 11.8 Å². The predicted octanol–water partition coefficient (Wildman–Crippen LogP) is 2.15. The van der Waals surface area contributed by atoms with Crippen LogP contribution in [0.3, 0.4) is 0 Å². The number of pyridine rings is 1. The molecule has 140 valence electrons. The number of aliphatic hydroxyl groups excluding tert-OH is 1. The van der Waals surface area contributed by atoms with E-state index in [0.717, 1.165) is 31.0 Å². The van der Waals surface area contributed by atoms with Gasteiger partial charge < -0.3 is 14.6 Å². The number of imidazole rings is 1. The molecule has 1 N–H and O–H groups in total. The van der Waals surface area contributed by atoms with Crippen molar-refractivity contribution in [2.75, 3.05) is 25.1 Å². The highest BCUT2D eigenvalue weighted by atomic mass is 32.2. The molecule has 0 radical (unpaired) electrons. The molecule has 26 heavy (non-hydrogen) atoms. The van der Waals surface area contributed by atoms with Crippen molar-refractivity contribution in [2.24, 2.45) is 0 Å². The van der Waals surface area contributed by atoms with E-state index in [1.165, 1.54) is 5.56 Å². The number of hydrogen-bond donors (Lipinski definition) is 1. The molecule has 7 heteroatoms. The number of nitrogens with zero attached hydrogens (tertiary/aromatic N) is 4. The Labute approximate surface area is 158 Å². The molecule has 3 heterocycles. The number of carbonyl (C=O) groups is 1. The predicted molar refractivity (Wildman–Crippen MR) is 103 cm³/mol. The van der Waals surface area contributed by atoms with E-state index in [-0.39, 0.29) is 5.91 Å². The van der Waals surface area contributed by atoms with Crippen molar-refractivity contribution in [1.82, 2.24) is 19.4 Å². The van der Waals surface area contributed by atoms with Gasteiger partial charge in [-0.15, -0.1) is 0 Å². The minimum Gasteiger partial charge on any atom is -0.383 e. The van der Waals surface area contributed by atoms with Gasteiger partial charge in [0, 0.05) is 50.3 Å². The Kier molecular flexibility index (Phi) is 6.68. The lowest BCUT2D eigenvalue weighted by Crippen LogP contribution is -2.44. The second kappa shape index (κ2) is 9.19. The van der Waals surface area contributed by atoms with Crippen molar-refractivity contribution in [3.8, 4) is 0 Å². The summed E-state index contributed by atoms with van der Waals surface area (Å²) in [5.74, 6) is 2.10. The van der Waals surface area contributed by atoms with Gasteiger partial charge in [0.1, 0.15) is 11.9 Å². The van der Waals surface area contributed by atoms with Crippen molar-refractivity contribution in [3.05, 3.63) is 48.3 Å². The van der Waals surface area contributed by atoms with Gasteiger partial charge in [-0.05, 0) is 49.0 Å². The van der Waals surface area contributed by atoms with Crippen LogP contribution in [0, 0.1) is 0 Å². The first kappa shape index (κ1) is 18.9. The van der Waals surface area contributed by atoms with Crippen LogP contribution in [0.2, 0.25) is 0 Å². The summed E-state index contributed by atoms with van der Waals surface area (Å²) >= 11 is 1.65. The third-order valence-corrected chi connectivity index (χ3v) is 5.55. The topological polar surface area (TPSA) is 71.2 Å². The monoisotopic (exact) mass is 374 g/mol. The van der Waals surface area contributed by atoms with Crippen molar-refractivity contribution >= 4 is 17.7 Å². The van der Waals surface area contributed by atoms with E-state index >= 15 is 0 Å². The molecule has 1 saturated heterocycles. The number of rotatable bonds is 7. The molecule has 1 amide bonds. The van der Waals surface area contributed by atoms with Gasteiger partial charge in [-0.3, -0.25) is 9.78 Å². The Morgan fingerprint density at radius 3 is 2.73 bits per heavy atom. The molecule has 0 bridgehead atoms. The average Bonchev–Trinajstić information content (AvgIpc) is 3.14. The SMILES string of the molecule is CSCC[C@@H](O)C(=O)N1CCC(c2nccn2Cc2ccncc2)CC1. The van der Waals surface area contributed by atoms with Crippen molar-refractivity contribution in [1.29, 1.82) is 0 Å². The lowest BCUT2D eigenvalue weighted by atomic mass is 9.95. The average molecular weight is 375 g/mol. The summed E-state index contributed by atoms with van der Waals surface area (Å²) in [7, 11) is 0. The van der Waals surface area contributed by atoms with E-state index in [4.69, 9.17) is 0 Å². The van der Waals surface area contributed by atoms with Crippen LogP contribution < -0.4 is 0 Å². The summed E-state index contributed by atoms with van der Waals surface area (Å²) in [4.78, 5) is 22.8. The highest BCUT2D eigenvalue weighted by molar-refractivity contribution is 7.98. The van der Waals surface area contributed by atoms with E-state index in [1.807, 2.05) is 30.8 Å². The van der Waals surface area contributed by atoms with E-state index in [1.54, 1.807) is 29.1 Å². The first-order valence-electron chi connectivity index (χ1n) is 9.04. The second-order valence-electron chi connectivity index (χ2n) is 6.67. The molecule has 0 aromatic carbocycles. The Hall–Kier alpha value is -1.86. The number of carbonyl (C=O) groups excluding carboxylic acids is 1. The minimum atomic E-state index is -0.868. The molecule has 0 spiro atoms. The Bertz CT molecular complexity index is 699. The fraction of sp³-hybridized carbons (Fsp3) is 0.526. The summed E-state index contributed by atoms with van der Waals surface area (Å²) in [6.45, 7) is 2.15. The second-order valence-corrected chi connectivity index (χ2v) is 7.65. The van der Waals surface area contributed by atoms with Gasteiger partial charge in [-0.25, -0.2) is 4.98 Å². The molecule has 0 aliphatic carbocycles. The quantitative estimate of drug-likeness (QED) is 0.804. The Balaban J connectivity index is 1.57. The van der Waals surface area contributed by atoms with Gasteiger partial charge >= 0.3 is 0 Å². The third-order valence-electron chi connectivity index (χ3n) is 4.90. The largest absolute Gasteiger partial charge is 0.383 e. The zero-order valence-electron chi connectivity index (χ0n) is 15.1. The Morgan fingerprint density at radius 1 is 1.31 bits per heavy atom. The standard InChI is InChI=1S/C19H26N4O2S/c1-26-13-6-17(24)19(25)22-10-4-16(5-11-22)18-21-9-12-23(18)14-15-2-7-20-8-3-15/h2-3,7-9,12,16-17,24H,4-6,10-11,13-14H2,1H3/t17-/m1/s1. The lowest BCUT2D eigenvalue weighted by molar-refractivity contribution is -0.141. The first-order valence-corrected chi connectivity index (χ1v) is 10.4. The molecule has 1 aliphatic rings. The maximum absolute atomic E-state index is 12.3. The van der Waals surface area contributed by atoms with Crippen LogP contribution in [-0.2, 0) is 11.3 Å². The molecule has 3 rings (SSSR count). The fourth-order valence-corrected chi connectivity index (χ4v) is 3.88. The van der Waals surface area contributed by atoms with Gasteiger partial charge in [0.15, 0.2) is 0 Å². The van der Waals surface area contributed by atoms with E-state index in [2.05, 4.69) is 14.5 Å². The molecule has 1 aliphatic heterocycles. The maximum Gasteiger partial charge on any atom is 0.251 e. The molecule has 1 fully saturated rings. The zero-order valence-corrected chi connectivity index (χ0v) is 15.9. The highest BCUT2D eigenvalue weighted by Crippen LogP contribution is 2.27. The number of thioether (sulfide) groups is 1. The number of hydrogen-bond acceptors (Lipinski definition) is 5. The number of amides is 1. The fourth-order valence-electron chi connectivity index (χ4n) is 3.42. The molecule has 1 atom stereocenters. The van der Waals surface area contributed by atoms with Crippen LogP contribution in [0.1, 0.15) is 36.6 Å². The number of likely N-dealkylation sites (tertiary alicyclic amines) is 1. The summed E-state index contributed by atoms with van der Waals surface area (Å²) in [6.07, 6.45) is 10.9. The van der Waals surface area contributed by atoms with Crippen molar-refractivity contribution < 1.29 is 9.90 Å². The molecule has 0 saturated carbocycles. The molecular formula is C19H26N4O2S. The first-order chi connectivity index (χ1) is 12.7.